The molecule has 2 fully saturated rings. The first kappa shape index (κ1) is 18.8. The van der Waals surface area contributed by atoms with Crippen LogP contribution in [0.5, 0.6) is 0 Å². The highest BCUT2D eigenvalue weighted by Crippen LogP contribution is 2.38. The molecule has 2 aliphatic rings. The van der Waals surface area contributed by atoms with Crippen LogP contribution >= 0.6 is 11.3 Å². The Morgan fingerprint density at radius 3 is 2.68 bits per heavy atom. The number of benzene rings is 1. The third-order valence-corrected chi connectivity index (χ3v) is 7.33. The molecule has 4 aromatic rings. The van der Waals surface area contributed by atoms with Crippen LogP contribution in [0.4, 0.5) is 10.3 Å². The Morgan fingerprint density at radius 1 is 1.13 bits per heavy atom. The average Bonchev–Trinajstić information content (AvgIpc) is 3.54. The van der Waals surface area contributed by atoms with E-state index in [-0.39, 0.29) is 5.82 Å². The smallest absolute Gasteiger partial charge is 0.245 e. The zero-order valence-electron chi connectivity index (χ0n) is 16.9. The summed E-state index contributed by atoms with van der Waals surface area (Å²) in [6.45, 7) is 0. The van der Waals surface area contributed by atoms with E-state index in [0.717, 1.165) is 28.6 Å². The predicted molar refractivity (Wildman–Crippen MR) is 117 cm³/mol. The molecule has 1 unspecified atom stereocenters. The molecule has 3 aromatic heterocycles. The number of halogens is 1. The fourth-order valence-electron chi connectivity index (χ4n) is 4.90. The molecule has 6 rings (SSSR count). The molecule has 10 heteroatoms. The van der Waals surface area contributed by atoms with Gasteiger partial charge in [0.2, 0.25) is 5.95 Å². The SMILES string of the molecule is CN(c1ncc(-c2c(F)cc(-c3cn[nH]c3)c3ncsc23)nn1)C1C[C@H]2CC[C@@H](C1)N2. The van der Waals surface area contributed by atoms with Gasteiger partial charge in [-0.1, -0.05) is 0 Å². The third-order valence-electron chi connectivity index (χ3n) is 6.49. The van der Waals surface area contributed by atoms with E-state index in [4.69, 9.17) is 0 Å². The fraction of sp³-hybridized carbons (Fsp3) is 0.381. The minimum absolute atomic E-state index is 0.375. The van der Waals surface area contributed by atoms with Crippen LogP contribution < -0.4 is 10.2 Å². The number of H-pyrrole nitrogens is 1. The number of aromatic nitrogens is 6. The number of thiazole rings is 1. The number of rotatable bonds is 4. The van der Waals surface area contributed by atoms with Crippen LogP contribution in [0.3, 0.4) is 0 Å². The van der Waals surface area contributed by atoms with Gasteiger partial charge in [0, 0.05) is 42.5 Å². The molecule has 0 spiro atoms. The monoisotopic (exact) mass is 436 g/mol. The van der Waals surface area contributed by atoms with Gasteiger partial charge in [0.05, 0.1) is 33.7 Å². The van der Waals surface area contributed by atoms with Gasteiger partial charge in [0.15, 0.2) is 0 Å². The quantitative estimate of drug-likeness (QED) is 0.506. The van der Waals surface area contributed by atoms with Crippen molar-refractivity contribution in [1.29, 1.82) is 0 Å². The van der Waals surface area contributed by atoms with Crippen LogP contribution in [0.2, 0.25) is 0 Å². The maximum Gasteiger partial charge on any atom is 0.245 e. The van der Waals surface area contributed by atoms with Crippen molar-refractivity contribution in [2.45, 2.75) is 43.8 Å². The topological polar surface area (TPSA) is 95.5 Å². The number of piperidine rings is 1. The third kappa shape index (κ3) is 3.17. The Hall–Kier alpha value is -2.98. The predicted octanol–water partition coefficient (Wildman–Crippen LogP) is 3.40. The molecule has 31 heavy (non-hydrogen) atoms. The zero-order chi connectivity index (χ0) is 20.9. The number of anilines is 1. The maximum atomic E-state index is 15.2. The molecule has 0 saturated carbocycles. The lowest BCUT2D eigenvalue weighted by atomic mass is 9.99. The van der Waals surface area contributed by atoms with Crippen molar-refractivity contribution < 1.29 is 4.39 Å². The fourth-order valence-corrected chi connectivity index (χ4v) is 5.76. The standard InChI is InChI=1S/C21H21FN8S/c1-30(14-4-12-2-3-13(5-14)27-12)21-23-9-17(28-29-21)18-16(22)6-15(11-7-25-26-8-11)19-20(18)31-10-24-19/h6-10,12-14,27H,2-5H2,1H3,(H,25,26)/t12-,13+,14?. The van der Waals surface area contributed by atoms with Gasteiger partial charge in [-0.3, -0.25) is 5.10 Å². The molecule has 2 N–H and O–H groups in total. The van der Waals surface area contributed by atoms with E-state index < -0.39 is 0 Å². The number of fused-ring (bicyclic) bond motifs is 3. The number of nitrogens with zero attached hydrogens (tertiary/aromatic N) is 6. The summed E-state index contributed by atoms with van der Waals surface area (Å²) in [5.74, 6) is 0.200. The van der Waals surface area contributed by atoms with Gasteiger partial charge < -0.3 is 10.2 Å². The van der Waals surface area contributed by atoms with Crippen molar-refractivity contribution in [3.05, 3.63) is 36.0 Å². The molecular weight excluding hydrogens is 415 g/mol. The Labute approximate surface area is 181 Å². The minimum Gasteiger partial charge on any atom is -0.339 e. The van der Waals surface area contributed by atoms with Gasteiger partial charge in [-0.05, 0) is 31.7 Å². The molecule has 2 saturated heterocycles. The molecule has 0 radical (unpaired) electrons. The second-order valence-corrected chi connectivity index (χ2v) is 9.17. The summed E-state index contributed by atoms with van der Waals surface area (Å²) in [5.41, 5.74) is 4.72. The molecule has 0 aliphatic carbocycles. The second-order valence-electron chi connectivity index (χ2n) is 8.32. The molecule has 2 bridgehead atoms. The normalized spacial score (nSPS) is 22.8. The van der Waals surface area contributed by atoms with Gasteiger partial charge in [-0.2, -0.15) is 5.10 Å². The first-order chi connectivity index (χ1) is 15.2. The lowest BCUT2D eigenvalue weighted by molar-refractivity contribution is 0.352. The number of hydrogen-bond donors (Lipinski definition) is 2. The van der Waals surface area contributed by atoms with Crippen molar-refractivity contribution >= 4 is 27.5 Å². The van der Waals surface area contributed by atoms with Gasteiger partial charge >= 0.3 is 0 Å². The van der Waals surface area contributed by atoms with Crippen molar-refractivity contribution in [3.8, 4) is 22.4 Å². The molecule has 158 valence electrons. The Balaban J connectivity index is 1.33. The minimum atomic E-state index is -0.375. The largest absolute Gasteiger partial charge is 0.339 e. The summed E-state index contributed by atoms with van der Waals surface area (Å²) in [6.07, 6.45) is 9.66. The molecule has 3 atom stereocenters. The molecule has 8 nitrogen and oxygen atoms in total. The van der Waals surface area contributed by atoms with Gasteiger partial charge in [0.25, 0.3) is 0 Å². The highest BCUT2D eigenvalue weighted by molar-refractivity contribution is 7.17. The van der Waals surface area contributed by atoms with Crippen LogP contribution in [0, 0.1) is 5.82 Å². The Morgan fingerprint density at radius 2 is 1.97 bits per heavy atom. The van der Waals surface area contributed by atoms with Crippen molar-refractivity contribution in [2.24, 2.45) is 0 Å². The number of nitrogens with one attached hydrogen (secondary N) is 2. The molecule has 0 amide bonds. The lowest BCUT2D eigenvalue weighted by Crippen LogP contribution is -2.47. The first-order valence-corrected chi connectivity index (χ1v) is 11.3. The summed E-state index contributed by atoms with van der Waals surface area (Å²) < 4.78 is 15.9. The maximum absolute atomic E-state index is 15.2. The molecular formula is C21H21FN8S. The van der Waals surface area contributed by atoms with Crippen LogP contribution in [0.15, 0.2) is 30.2 Å². The first-order valence-electron chi connectivity index (χ1n) is 10.4. The average molecular weight is 437 g/mol. The highest BCUT2D eigenvalue weighted by Gasteiger charge is 2.35. The van der Waals surface area contributed by atoms with Crippen LogP contribution in [-0.2, 0) is 0 Å². The number of aromatic amines is 1. The summed E-state index contributed by atoms with van der Waals surface area (Å²) in [4.78, 5) is 11.1. The summed E-state index contributed by atoms with van der Waals surface area (Å²) in [7, 11) is 2.02. The molecule has 1 aromatic carbocycles. The second kappa shape index (κ2) is 7.31. The van der Waals surface area contributed by atoms with Gasteiger partial charge in [0.1, 0.15) is 11.5 Å². The van der Waals surface area contributed by atoms with E-state index in [1.807, 2.05) is 7.05 Å². The van der Waals surface area contributed by atoms with Crippen molar-refractivity contribution in [1.82, 2.24) is 35.7 Å². The zero-order valence-corrected chi connectivity index (χ0v) is 17.7. The highest BCUT2D eigenvalue weighted by atomic mass is 32.1. The van der Waals surface area contributed by atoms with E-state index in [1.54, 1.807) is 24.1 Å². The van der Waals surface area contributed by atoms with E-state index in [9.17, 15) is 0 Å². The summed E-state index contributed by atoms with van der Waals surface area (Å²) in [5, 5.41) is 19.1. The summed E-state index contributed by atoms with van der Waals surface area (Å²) >= 11 is 1.38. The van der Waals surface area contributed by atoms with Crippen molar-refractivity contribution in [3.63, 3.8) is 0 Å². The van der Waals surface area contributed by atoms with Crippen molar-refractivity contribution in [2.75, 3.05) is 11.9 Å². The van der Waals surface area contributed by atoms with E-state index in [2.05, 4.69) is 40.6 Å². The Bertz CT molecular complexity index is 1210. The molecule has 5 heterocycles. The van der Waals surface area contributed by atoms with E-state index >= 15 is 4.39 Å². The van der Waals surface area contributed by atoms with Gasteiger partial charge in [-0.15, -0.1) is 21.5 Å². The lowest BCUT2D eigenvalue weighted by Gasteiger charge is -2.35. The molecule has 2 aliphatic heterocycles. The van der Waals surface area contributed by atoms with E-state index in [0.29, 0.717) is 40.9 Å². The van der Waals surface area contributed by atoms with Crippen LogP contribution in [0.25, 0.3) is 32.6 Å². The van der Waals surface area contributed by atoms with Gasteiger partial charge in [-0.25, -0.2) is 14.4 Å². The van der Waals surface area contributed by atoms with Crippen LogP contribution in [-0.4, -0.2) is 55.5 Å². The van der Waals surface area contributed by atoms with E-state index in [1.165, 1.54) is 30.2 Å². The number of hydrogen-bond acceptors (Lipinski definition) is 8. The summed E-state index contributed by atoms with van der Waals surface area (Å²) in [6, 6.07) is 3.04. The van der Waals surface area contributed by atoms with Crippen LogP contribution in [0.1, 0.15) is 25.7 Å². The Kier molecular flexibility index (Phi) is 4.43.